The van der Waals surface area contributed by atoms with Crippen LogP contribution in [0.25, 0.3) is 0 Å². The minimum Gasteiger partial charge on any atom is -0.303 e. The Morgan fingerprint density at radius 1 is 0.810 bits per heavy atom. The summed E-state index contributed by atoms with van der Waals surface area (Å²) in [6.07, 6.45) is 15.4. The van der Waals surface area contributed by atoms with Crippen molar-refractivity contribution < 1.29 is 4.79 Å². The monoisotopic (exact) mass is 288 g/mol. The van der Waals surface area contributed by atoms with Gasteiger partial charge in [0.1, 0.15) is 6.29 Å². The summed E-state index contributed by atoms with van der Waals surface area (Å²) < 4.78 is 0. The van der Waals surface area contributed by atoms with Crippen LogP contribution in [0.3, 0.4) is 0 Å². The first kappa shape index (κ1) is 14.3. The SMILES string of the molecule is C[C@]12CC[C@H]3[C@@H](CCC4CCCC[C@@]43C)[C@@H]1CC[C@H]2C=O. The van der Waals surface area contributed by atoms with E-state index in [0.717, 1.165) is 23.7 Å². The fourth-order valence-electron chi connectivity index (χ4n) is 7.56. The Labute approximate surface area is 130 Å². The molecule has 0 radical (unpaired) electrons. The lowest BCUT2D eigenvalue weighted by molar-refractivity contribution is -0.125. The molecule has 7 atom stereocenters. The molecule has 1 nitrogen and oxygen atoms in total. The molecule has 0 heterocycles. The van der Waals surface area contributed by atoms with E-state index in [1.165, 1.54) is 70.5 Å². The lowest BCUT2D eigenvalue weighted by atomic mass is 9.45. The van der Waals surface area contributed by atoms with E-state index in [2.05, 4.69) is 13.8 Å². The molecule has 0 bridgehead atoms. The third-order valence-corrected chi connectivity index (χ3v) is 8.82. The Hall–Kier alpha value is -0.330. The van der Waals surface area contributed by atoms with Gasteiger partial charge < -0.3 is 4.79 Å². The Morgan fingerprint density at radius 2 is 1.62 bits per heavy atom. The van der Waals surface area contributed by atoms with Gasteiger partial charge in [-0.1, -0.05) is 26.7 Å². The molecule has 0 spiro atoms. The number of aldehydes is 1. The molecule has 4 saturated carbocycles. The van der Waals surface area contributed by atoms with Crippen molar-refractivity contribution in [2.75, 3.05) is 0 Å². The minimum absolute atomic E-state index is 0.348. The van der Waals surface area contributed by atoms with Gasteiger partial charge in [0.2, 0.25) is 0 Å². The summed E-state index contributed by atoms with van der Waals surface area (Å²) >= 11 is 0. The Balaban J connectivity index is 1.64. The van der Waals surface area contributed by atoms with Gasteiger partial charge in [-0.05, 0) is 85.9 Å². The molecular weight excluding hydrogens is 256 g/mol. The van der Waals surface area contributed by atoms with Crippen molar-refractivity contribution in [1.29, 1.82) is 0 Å². The molecule has 0 aliphatic heterocycles. The molecule has 1 heteroatoms. The number of rotatable bonds is 1. The molecule has 0 saturated heterocycles. The third-order valence-electron chi connectivity index (χ3n) is 8.82. The summed E-state index contributed by atoms with van der Waals surface area (Å²) in [7, 11) is 0. The first-order valence-electron chi connectivity index (χ1n) is 9.55. The highest BCUT2D eigenvalue weighted by Crippen LogP contribution is 2.67. The van der Waals surface area contributed by atoms with Crippen LogP contribution >= 0.6 is 0 Å². The van der Waals surface area contributed by atoms with Crippen molar-refractivity contribution >= 4 is 6.29 Å². The van der Waals surface area contributed by atoms with Gasteiger partial charge in [-0.25, -0.2) is 0 Å². The van der Waals surface area contributed by atoms with Crippen molar-refractivity contribution in [1.82, 2.24) is 0 Å². The number of hydrogen-bond acceptors (Lipinski definition) is 1. The Bertz CT molecular complexity index is 430. The molecule has 0 aromatic rings. The molecule has 0 aromatic heterocycles. The smallest absolute Gasteiger partial charge is 0.123 e. The van der Waals surface area contributed by atoms with E-state index in [1.54, 1.807) is 0 Å². The molecule has 4 rings (SSSR count). The maximum absolute atomic E-state index is 11.5. The van der Waals surface area contributed by atoms with Crippen LogP contribution in [0.4, 0.5) is 0 Å². The molecule has 4 aliphatic carbocycles. The van der Waals surface area contributed by atoms with Crippen LogP contribution in [-0.4, -0.2) is 6.29 Å². The van der Waals surface area contributed by atoms with Gasteiger partial charge in [0, 0.05) is 5.92 Å². The molecule has 21 heavy (non-hydrogen) atoms. The zero-order valence-electron chi connectivity index (χ0n) is 13.9. The predicted molar refractivity (Wildman–Crippen MR) is 85.9 cm³/mol. The van der Waals surface area contributed by atoms with Gasteiger partial charge in [0.25, 0.3) is 0 Å². The fourth-order valence-corrected chi connectivity index (χ4v) is 7.56. The second-order valence-corrected chi connectivity index (χ2v) is 9.27. The van der Waals surface area contributed by atoms with Gasteiger partial charge in [-0.3, -0.25) is 0 Å². The fraction of sp³-hybridized carbons (Fsp3) is 0.950. The van der Waals surface area contributed by atoms with E-state index in [-0.39, 0.29) is 0 Å². The summed E-state index contributed by atoms with van der Waals surface area (Å²) in [6, 6.07) is 0. The first-order chi connectivity index (χ1) is 10.1. The average Bonchev–Trinajstić information content (AvgIpc) is 2.83. The molecule has 4 aliphatic rings. The van der Waals surface area contributed by atoms with Gasteiger partial charge in [-0.15, -0.1) is 0 Å². The third kappa shape index (κ3) is 1.85. The van der Waals surface area contributed by atoms with Crippen LogP contribution in [0.2, 0.25) is 0 Å². The second-order valence-electron chi connectivity index (χ2n) is 9.27. The summed E-state index contributed by atoms with van der Waals surface area (Å²) in [6.45, 7) is 5.09. The lowest BCUT2D eigenvalue weighted by Crippen LogP contribution is -2.52. The molecular formula is C20H32O. The maximum Gasteiger partial charge on any atom is 0.123 e. The van der Waals surface area contributed by atoms with Crippen molar-refractivity contribution in [2.24, 2.45) is 40.4 Å². The average molecular weight is 288 g/mol. The summed E-state index contributed by atoms with van der Waals surface area (Å²) in [5, 5.41) is 0. The molecule has 0 N–H and O–H groups in total. The van der Waals surface area contributed by atoms with Crippen molar-refractivity contribution in [3.63, 3.8) is 0 Å². The zero-order valence-corrected chi connectivity index (χ0v) is 13.9. The largest absolute Gasteiger partial charge is 0.303 e. The molecule has 0 amide bonds. The van der Waals surface area contributed by atoms with E-state index < -0.39 is 0 Å². The first-order valence-corrected chi connectivity index (χ1v) is 9.55. The Morgan fingerprint density at radius 3 is 2.43 bits per heavy atom. The number of carbonyl (C=O) groups is 1. The van der Waals surface area contributed by atoms with Crippen molar-refractivity contribution in [3.8, 4) is 0 Å². The van der Waals surface area contributed by atoms with E-state index in [0.29, 0.717) is 16.7 Å². The maximum atomic E-state index is 11.5. The second kappa shape index (κ2) is 4.83. The van der Waals surface area contributed by atoms with Crippen molar-refractivity contribution in [2.45, 2.75) is 78.1 Å². The van der Waals surface area contributed by atoms with Crippen LogP contribution in [0.15, 0.2) is 0 Å². The molecule has 118 valence electrons. The van der Waals surface area contributed by atoms with Gasteiger partial charge >= 0.3 is 0 Å². The van der Waals surface area contributed by atoms with Gasteiger partial charge in [0.15, 0.2) is 0 Å². The summed E-state index contributed by atoms with van der Waals surface area (Å²) in [5.74, 6) is 4.14. The predicted octanol–water partition coefficient (Wildman–Crippen LogP) is 5.23. The highest BCUT2D eigenvalue weighted by molar-refractivity contribution is 5.56. The quantitative estimate of drug-likeness (QED) is 0.603. The van der Waals surface area contributed by atoms with Crippen LogP contribution in [0.5, 0.6) is 0 Å². The Kier molecular flexibility index (Phi) is 3.28. The van der Waals surface area contributed by atoms with Gasteiger partial charge in [0.05, 0.1) is 0 Å². The molecule has 4 fully saturated rings. The lowest BCUT2D eigenvalue weighted by Gasteiger charge is -2.60. The van der Waals surface area contributed by atoms with Crippen LogP contribution in [0, 0.1) is 40.4 Å². The topological polar surface area (TPSA) is 17.1 Å². The highest BCUT2D eigenvalue weighted by Gasteiger charge is 2.59. The number of carbonyl (C=O) groups excluding carboxylic acids is 1. The summed E-state index contributed by atoms with van der Waals surface area (Å²) in [5.41, 5.74) is 0.989. The number of fused-ring (bicyclic) bond motifs is 5. The van der Waals surface area contributed by atoms with E-state index in [4.69, 9.17) is 0 Å². The van der Waals surface area contributed by atoms with E-state index in [1.807, 2.05) is 0 Å². The van der Waals surface area contributed by atoms with E-state index in [9.17, 15) is 4.79 Å². The standard InChI is InChI=1S/C20H32O/c1-19-11-4-3-5-14(19)6-8-16-17-9-7-15(13-21)20(17,2)12-10-18(16)19/h13-18H,3-12H2,1-2H3/t14?,15-,16-,17-,18-,19-,20+/m0/s1. The van der Waals surface area contributed by atoms with E-state index >= 15 is 0 Å². The minimum atomic E-state index is 0.348. The summed E-state index contributed by atoms with van der Waals surface area (Å²) in [4.78, 5) is 11.5. The number of hydrogen-bond donors (Lipinski definition) is 0. The normalized spacial score (nSPS) is 56.2. The van der Waals surface area contributed by atoms with Crippen LogP contribution in [-0.2, 0) is 4.79 Å². The molecule has 0 aromatic carbocycles. The highest BCUT2D eigenvalue weighted by atomic mass is 16.1. The van der Waals surface area contributed by atoms with Crippen molar-refractivity contribution in [3.05, 3.63) is 0 Å². The zero-order chi connectivity index (χ0) is 14.7. The molecule has 1 unspecified atom stereocenters. The van der Waals surface area contributed by atoms with Gasteiger partial charge in [-0.2, -0.15) is 0 Å². The van der Waals surface area contributed by atoms with Crippen LogP contribution in [0.1, 0.15) is 78.1 Å². The van der Waals surface area contributed by atoms with Crippen LogP contribution < -0.4 is 0 Å².